The van der Waals surface area contributed by atoms with Gasteiger partial charge in [-0.25, -0.2) is 13.4 Å². The molecule has 1 amide bonds. The smallest absolute Gasteiger partial charge is 0.243 e. The summed E-state index contributed by atoms with van der Waals surface area (Å²) in [6, 6.07) is 8.48. The van der Waals surface area contributed by atoms with Crippen LogP contribution in [-0.4, -0.2) is 60.2 Å². The minimum Gasteiger partial charge on any atom is -0.353 e. The second-order valence-electron chi connectivity index (χ2n) is 7.28. The Bertz CT molecular complexity index is 951. The quantitative estimate of drug-likeness (QED) is 0.813. The number of piperazine rings is 1. The Labute approximate surface area is 169 Å². The van der Waals surface area contributed by atoms with E-state index in [0.717, 1.165) is 17.2 Å². The van der Waals surface area contributed by atoms with Gasteiger partial charge in [0.2, 0.25) is 15.9 Å². The molecule has 0 radical (unpaired) electrons. The van der Waals surface area contributed by atoms with Crippen molar-refractivity contribution in [2.45, 2.75) is 36.7 Å². The van der Waals surface area contributed by atoms with E-state index in [0.29, 0.717) is 43.9 Å². The number of hydrogen-bond donors (Lipinski definition) is 1. The molecule has 0 saturated carbocycles. The first-order chi connectivity index (χ1) is 13.4. The Morgan fingerprint density at radius 3 is 2.54 bits per heavy atom. The molecule has 150 valence electrons. The molecule has 2 saturated heterocycles. The summed E-state index contributed by atoms with van der Waals surface area (Å²) >= 11 is 1.60. The van der Waals surface area contributed by atoms with Crippen LogP contribution < -0.4 is 5.32 Å². The van der Waals surface area contributed by atoms with Crippen LogP contribution in [-0.2, 0) is 21.4 Å². The highest BCUT2D eigenvalue weighted by Gasteiger charge is 2.49. The number of nitrogens with one attached hydrogen (secondary N) is 1. The van der Waals surface area contributed by atoms with Gasteiger partial charge in [-0.15, -0.1) is 11.3 Å². The summed E-state index contributed by atoms with van der Waals surface area (Å²) in [5.74, 6) is 0.00228. The number of rotatable bonds is 4. The molecule has 1 N–H and O–H groups in total. The van der Waals surface area contributed by atoms with Crippen molar-refractivity contribution in [1.82, 2.24) is 19.5 Å². The van der Waals surface area contributed by atoms with Crippen LogP contribution in [0.15, 0.2) is 40.6 Å². The van der Waals surface area contributed by atoms with Gasteiger partial charge in [0, 0.05) is 38.1 Å². The summed E-state index contributed by atoms with van der Waals surface area (Å²) in [6.45, 7) is 4.60. The Morgan fingerprint density at radius 2 is 1.89 bits per heavy atom. The van der Waals surface area contributed by atoms with Gasteiger partial charge in [0.05, 0.1) is 15.6 Å². The van der Waals surface area contributed by atoms with Crippen molar-refractivity contribution in [1.29, 1.82) is 0 Å². The molecule has 3 heterocycles. The van der Waals surface area contributed by atoms with Gasteiger partial charge >= 0.3 is 0 Å². The zero-order valence-corrected chi connectivity index (χ0v) is 17.4. The maximum atomic E-state index is 12.9. The number of amides is 1. The molecular weight excluding hydrogens is 396 g/mol. The van der Waals surface area contributed by atoms with E-state index in [-0.39, 0.29) is 5.91 Å². The highest BCUT2D eigenvalue weighted by atomic mass is 32.2. The van der Waals surface area contributed by atoms with E-state index in [1.54, 1.807) is 41.7 Å². The molecule has 1 aromatic carbocycles. The SMILES string of the molecule is Cc1nc(CN2CCNC(=O)C23CCN(S(=O)(=O)c2ccccc2)CC3)cs1. The van der Waals surface area contributed by atoms with E-state index < -0.39 is 15.6 Å². The standard InChI is InChI=1S/C19H24N4O3S2/c1-15-21-16(14-27-15)13-22-12-9-20-18(24)19(22)7-10-23(11-8-19)28(25,26)17-5-3-2-4-6-17/h2-6,14H,7-13H2,1H3,(H,20,24). The van der Waals surface area contributed by atoms with Gasteiger partial charge in [0.15, 0.2) is 0 Å². The number of nitrogens with zero attached hydrogens (tertiary/aromatic N) is 3. The normalized spacial score (nSPS) is 21.0. The van der Waals surface area contributed by atoms with Crippen LogP contribution in [0, 0.1) is 6.92 Å². The van der Waals surface area contributed by atoms with Crippen LogP contribution in [0.25, 0.3) is 0 Å². The van der Waals surface area contributed by atoms with Crippen molar-refractivity contribution in [3.05, 3.63) is 46.4 Å². The Morgan fingerprint density at radius 1 is 1.18 bits per heavy atom. The van der Waals surface area contributed by atoms with Crippen molar-refractivity contribution < 1.29 is 13.2 Å². The lowest BCUT2D eigenvalue weighted by atomic mass is 9.83. The molecule has 0 bridgehead atoms. The van der Waals surface area contributed by atoms with Gasteiger partial charge in [0.1, 0.15) is 5.54 Å². The van der Waals surface area contributed by atoms with E-state index in [4.69, 9.17) is 0 Å². The van der Waals surface area contributed by atoms with E-state index >= 15 is 0 Å². The van der Waals surface area contributed by atoms with Crippen molar-refractivity contribution in [2.75, 3.05) is 26.2 Å². The lowest BCUT2D eigenvalue weighted by Gasteiger charge is -2.49. The van der Waals surface area contributed by atoms with Crippen molar-refractivity contribution >= 4 is 27.3 Å². The van der Waals surface area contributed by atoms with Crippen LogP contribution in [0.1, 0.15) is 23.5 Å². The zero-order chi connectivity index (χ0) is 19.8. The summed E-state index contributed by atoms with van der Waals surface area (Å²) in [5, 5.41) is 6.02. The Balaban J connectivity index is 1.53. The van der Waals surface area contributed by atoms with Crippen LogP contribution >= 0.6 is 11.3 Å². The fourth-order valence-electron chi connectivity index (χ4n) is 4.11. The fraction of sp³-hybridized carbons (Fsp3) is 0.474. The van der Waals surface area contributed by atoms with Gasteiger partial charge < -0.3 is 5.32 Å². The highest BCUT2D eigenvalue weighted by Crippen LogP contribution is 2.34. The molecule has 2 fully saturated rings. The van der Waals surface area contributed by atoms with Crippen molar-refractivity contribution in [3.8, 4) is 0 Å². The number of sulfonamides is 1. The predicted molar refractivity (Wildman–Crippen MR) is 107 cm³/mol. The number of carbonyl (C=O) groups is 1. The fourth-order valence-corrected chi connectivity index (χ4v) is 6.18. The largest absolute Gasteiger partial charge is 0.353 e. The summed E-state index contributed by atoms with van der Waals surface area (Å²) in [4.78, 5) is 19.9. The number of aromatic nitrogens is 1. The molecule has 28 heavy (non-hydrogen) atoms. The van der Waals surface area contributed by atoms with E-state index in [1.807, 2.05) is 12.3 Å². The molecule has 0 atom stereocenters. The molecule has 1 aromatic heterocycles. The van der Waals surface area contributed by atoms with Gasteiger partial charge in [0.25, 0.3) is 0 Å². The Kier molecular flexibility index (Phi) is 5.26. The molecule has 1 spiro atoms. The number of benzene rings is 1. The summed E-state index contributed by atoms with van der Waals surface area (Å²) in [5.41, 5.74) is 0.300. The third-order valence-electron chi connectivity index (χ3n) is 5.65. The maximum Gasteiger partial charge on any atom is 0.243 e. The molecule has 2 aliphatic rings. The Hall–Kier alpha value is -1.81. The second kappa shape index (κ2) is 7.55. The van der Waals surface area contributed by atoms with Gasteiger partial charge in [-0.3, -0.25) is 9.69 Å². The second-order valence-corrected chi connectivity index (χ2v) is 10.3. The molecule has 2 aliphatic heterocycles. The molecule has 7 nitrogen and oxygen atoms in total. The molecule has 2 aromatic rings. The number of aryl methyl sites for hydroxylation is 1. The molecule has 0 aliphatic carbocycles. The number of thiazole rings is 1. The number of carbonyl (C=O) groups excluding carboxylic acids is 1. The van der Waals surface area contributed by atoms with E-state index in [2.05, 4.69) is 15.2 Å². The molecule has 9 heteroatoms. The van der Waals surface area contributed by atoms with Crippen molar-refractivity contribution in [3.63, 3.8) is 0 Å². The lowest BCUT2D eigenvalue weighted by molar-refractivity contribution is -0.141. The third-order valence-corrected chi connectivity index (χ3v) is 8.38. The molecule has 4 rings (SSSR count). The number of hydrogen-bond acceptors (Lipinski definition) is 6. The van der Waals surface area contributed by atoms with E-state index in [1.165, 1.54) is 4.31 Å². The topological polar surface area (TPSA) is 82.6 Å². The highest BCUT2D eigenvalue weighted by molar-refractivity contribution is 7.89. The third kappa shape index (κ3) is 3.47. The van der Waals surface area contributed by atoms with E-state index in [9.17, 15) is 13.2 Å². The average molecular weight is 421 g/mol. The summed E-state index contributed by atoms with van der Waals surface area (Å²) < 4.78 is 27.3. The zero-order valence-electron chi connectivity index (χ0n) is 15.8. The van der Waals surface area contributed by atoms with Gasteiger partial charge in [-0.05, 0) is 31.9 Å². The minimum absolute atomic E-state index is 0.00228. The lowest BCUT2D eigenvalue weighted by Crippen LogP contribution is -2.67. The predicted octanol–water partition coefficient (Wildman–Crippen LogP) is 1.61. The first-order valence-electron chi connectivity index (χ1n) is 9.41. The van der Waals surface area contributed by atoms with Gasteiger partial charge in [-0.2, -0.15) is 4.31 Å². The number of piperidine rings is 1. The molecular formula is C19H24N4O3S2. The first kappa shape index (κ1) is 19.5. The minimum atomic E-state index is -3.54. The van der Waals surface area contributed by atoms with Crippen LogP contribution in [0.5, 0.6) is 0 Å². The van der Waals surface area contributed by atoms with Crippen LogP contribution in [0.2, 0.25) is 0 Å². The van der Waals surface area contributed by atoms with Crippen molar-refractivity contribution in [2.24, 2.45) is 0 Å². The first-order valence-corrected chi connectivity index (χ1v) is 11.7. The van der Waals surface area contributed by atoms with Gasteiger partial charge in [-0.1, -0.05) is 18.2 Å². The van der Waals surface area contributed by atoms with Crippen LogP contribution in [0.4, 0.5) is 0 Å². The maximum absolute atomic E-state index is 12.9. The average Bonchev–Trinajstić information content (AvgIpc) is 3.11. The monoisotopic (exact) mass is 420 g/mol. The summed E-state index contributed by atoms with van der Waals surface area (Å²) in [7, 11) is -3.54. The molecule has 0 unspecified atom stereocenters. The summed E-state index contributed by atoms with van der Waals surface area (Å²) in [6.07, 6.45) is 0.960. The van der Waals surface area contributed by atoms with Crippen LogP contribution in [0.3, 0.4) is 0 Å².